The third-order valence-electron chi connectivity index (χ3n) is 3.12. The second kappa shape index (κ2) is 3.09. The highest BCUT2D eigenvalue weighted by molar-refractivity contribution is 6.32. The molecule has 14 heavy (non-hydrogen) atoms. The van der Waals surface area contributed by atoms with Gasteiger partial charge in [0, 0.05) is 5.02 Å². The Morgan fingerprint density at radius 3 is 2.50 bits per heavy atom. The summed E-state index contributed by atoms with van der Waals surface area (Å²) in [5.74, 6) is 0.244. The molecule has 2 heteroatoms. The fourth-order valence-corrected chi connectivity index (χ4v) is 2.54. The number of carbonyl (C=O) groups is 1. The molecule has 1 nitrogen and oxygen atoms in total. The molecule has 1 aliphatic carbocycles. The summed E-state index contributed by atoms with van der Waals surface area (Å²) in [4.78, 5) is 11.6. The van der Waals surface area contributed by atoms with E-state index in [9.17, 15) is 4.79 Å². The second-order valence-corrected chi connectivity index (χ2v) is 4.48. The van der Waals surface area contributed by atoms with Gasteiger partial charge in [-0.05, 0) is 43.9 Å². The molecule has 1 aliphatic rings. The van der Waals surface area contributed by atoms with Crippen molar-refractivity contribution in [2.45, 2.75) is 32.1 Å². The number of Topliss-reactive ketones (excluding diaryl/α,β-unsaturated/α-hetero) is 1. The predicted molar refractivity (Wildman–Crippen MR) is 57.8 cm³/mol. The van der Waals surface area contributed by atoms with Gasteiger partial charge in [-0.25, -0.2) is 0 Å². The summed E-state index contributed by atoms with van der Waals surface area (Å²) in [7, 11) is 0. The van der Waals surface area contributed by atoms with E-state index in [-0.39, 0.29) is 11.2 Å². The van der Waals surface area contributed by atoms with Crippen molar-refractivity contribution in [3.05, 3.63) is 34.3 Å². The van der Waals surface area contributed by atoms with Gasteiger partial charge in [0.2, 0.25) is 0 Å². The Morgan fingerprint density at radius 2 is 2.07 bits per heavy atom. The Balaban J connectivity index is 2.56. The van der Waals surface area contributed by atoms with Crippen LogP contribution in [0.15, 0.2) is 18.2 Å². The molecular formula is C12H13ClO. The summed E-state index contributed by atoms with van der Waals surface area (Å²) in [6.07, 6.45) is 1.90. The van der Waals surface area contributed by atoms with Crippen molar-refractivity contribution in [2.24, 2.45) is 0 Å². The quantitative estimate of drug-likeness (QED) is 0.729. The Bertz CT molecular complexity index is 371. The summed E-state index contributed by atoms with van der Waals surface area (Å²) >= 11 is 6.15. The van der Waals surface area contributed by atoms with Gasteiger partial charge in [0.05, 0.1) is 5.41 Å². The zero-order valence-electron chi connectivity index (χ0n) is 8.43. The molecule has 0 atom stereocenters. The van der Waals surface area contributed by atoms with Crippen molar-refractivity contribution in [1.82, 2.24) is 0 Å². The molecule has 0 spiro atoms. The van der Waals surface area contributed by atoms with Crippen molar-refractivity contribution < 1.29 is 4.79 Å². The Morgan fingerprint density at radius 1 is 1.43 bits per heavy atom. The molecule has 0 unspecified atom stereocenters. The number of carbonyl (C=O) groups excluding carboxylic acids is 1. The highest BCUT2D eigenvalue weighted by atomic mass is 35.5. The van der Waals surface area contributed by atoms with Gasteiger partial charge in [-0.15, -0.1) is 0 Å². The van der Waals surface area contributed by atoms with Gasteiger partial charge in [0.25, 0.3) is 0 Å². The van der Waals surface area contributed by atoms with Crippen molar-refractivity contribution in [2.75, 3.05) is 0 Å². The van der Waals surface area contributed by atoms with Gasteiger partial charge < -0.3 is 0 Å². The number of benzene rings is 1. The molecule has 1 fully saturated rings. The third kappa shape index (κ3) is 1.27. The maximum atomic E-state index is 11.6. The topological polar surface area (TPSA) is 17.1 Å². The minimum atomic E-state index is -0.248. The standard InChI is InChI=1S/C12H13ClO/c1-8-4-3-5-10(13)11(8)12(6-7-12)9(2)14/h3-5H,6-7H2,1-2H3. The Kier molecular flexibility index (Phi) is 2.15. The van der Waals surface area contributed by atoms with Crippen LogP contribution in [0.1, 0.15) is 30.9 Å². The first-order valence-corrected chi connectivity index (χ1v) is 5.22. The van der Waals surface area contributed by atoms with Crippen LogP contribution >= 0.6 is 11.6 Å². The summed E-state index contributed by atoms with van der Waals surface area (Å²) in [6.45, 7) is 3.68. The van der Waals surface area contributed by atoms with Gasteiger partial charge in [0.1, 0.15) is 5.78 Å². The Labute approximate surface area is 89.1 Å². The van der Waals surface area contributed by atoms with Gasteiger partial charge in [-0.3, -0.25) is 4.79 Å². The predicted octanol–water partition coefficient (Wildman–Crippen LogP) is 3.27. The SMILES string of the molecule is CC(=O)C1(c2c(C)cccc2Cl)CC1. The van der Waals surface area contributed by atoms with E-state index in [0.29, 0.717) is 0 Å². The first kappa shape index (κ1) is 9.72. The largest absolute Gasteiger partial charge is 0.299 e. The van der Waals surface area contributed by atoms with Crippen molar-refractivity contribution in [3.8, 4) is 0 Å². The molecule has 0 aromatic heterocycles. The molecule has 1 aromatic carbocycles. The van der Waals surface area contributed by atoms with E-state index in [0.717, 1.165) is 29.0 Å². The molecule has 0 amide bonds. The lowest BCUT2D eigenvalue weighted by Gasteiger charge is -2.16. The lowest BCUT2D eigenvalue weighted by molar-refractivity contribution is -0.119. The highest BCUT2D eigenvalue weighted by Crippen LogP contribution is 2.52. The highest BCUT2D eigenvalue weighted by Gasteiger charge is 2.50. The molecule has 1 aromatic rings. The van der Waals surface area contributed by atoms with Gasteiger partial charge >= 0.3 is 0 Å². The molecule has 0 radical (unpaired) electrons. The minimum Gasteiger partial charge on any atom is -0.299 e. The van der Waals surface area contributed by atoms with Crippen LogP contribution in [0, 0.1) is 6.92 Å². The maximum absolute atomic E-state index is 11.6. The zero-order chi connectivity index (χ0) is 10.3. The van der Waals surface area contributed by atoms with Crippen molar-refractivity contribution in [3.63, 3.8) is 0 Å². The summed E-state index contributed by atoms with van der Waals surface area (Å²) in [6, 6.07) is 5.81. The average molecular weight is 209 g/mol. The van der Waals surface area contributed by atoms with Crippen LogP contribution in [-0.2, 0) is 10.2 Å². The summed E-state index contributed by atoms with van der Waals surface area (Å²) < 4.78 is 0. The molecule has 2 rings (SSSR count). The van der Waals surface area contributed by atoms with Gasteiger partial charge in [-0.1, -0.05) is 23.7 Å². The molecule has 74 valence electrons. The van der Waals surface area contributed by atoms with Gasteiger partial charge in [0.15, 0.2) is 0 Å². The third-order valence-corrected chi connectivity index (χ3v) is 3.44. The summed E-state index contributed by atoms with van der Waals surface area (Å²) in [5.41, 5.74) is 1.93. The number of hydrogen-bond donors (Lipinski definition) is 0. The van der Waals surface area contributed by atoms with Crippen LogP contribution < -0.4 is 0 Å². The monoisotopic (exact) mass is 208 g/mol. The van der Waals surface area contributed by atoms with Crippen molar-refractivity contribution >= 4 is 17.4 Å². The first-order valence-electron chi connectivity index (χ1n) is 4.84. The normalized spacial score (nSPS) is 17.9. The van der Waals surface area contributed by atoms with E-state index >= 15 is 0 Å². The molecule has 0 saturated heterocycles. The van der Waals surface area contributed by atoms with E-state index in [1.807, 2.05) is 25.1 Å². The van der Waals surface area contributed by atoms with E-state index < -0.39 is 0 Å². The number of ketones is 1. The maximum Gasteiger partial charge on any atom is 0.140 e. The van der Waals surface area contributed by atoms with Crippen LogP contribution in [0.2, 0.25) is 5.02 Å². The summed E-state index contributed by atoms with van der Waals surface area (Å²) in [5, 5.41) is 0.734. The van der Waals surface area contributed by atoms with Crippen LogP contribution in [0.25, 0.3) is 0 Å². The number of halogens is 1. The smallest absolute Gasteiger partial charge is 0.140 e. The fourth-order valence-electron chi connectivity index (χ4n) is 2.14. The first-order chi connectivity index (χ1) is 6.58. The second-order valence-electron chi connectivity index (χ2n) is 4.07. The van der Waals surface area contributed by atoms with E-state index in [1.54, 1.807) is 6.92 Å². The number of rotatable bonds is 2. The molecule has 0 N–H and O–H groups in total. The van der Waals surface area contributed by atoms with E-state index in [2.05, 4.69) is 0 Å². The molecular weight excluding hydrogens is 196 g/mol. The van der Waals surface area contributed by atoms with E-state index in [1.165, 1.54) is 0 Å². The fraction of sp³-hybridized carbons (Fsp3) is 0.417. The van der Waals surface area contributed by atoms with Crippen LogP contribution in [0.3, 0.4) is 0 Å². The minimum absolute atomic E-state index is 0.244. The van der Waals surface area contributed by atoms with Crippen molar-refractivity contribution in [1.29, 1.82) is 0 Å². The average Bonchev–Trinajstić information content (AvgIpc) is 2.85. The molecule has 1 saturated carbocycles. The number of hydrogen-bond acceptors (Lipinski definition) is 1. The number of aryl methyl sites for hydroxylation is 1. The van der Waals surface area contributed by atoms with E-state index in [4.69, 9.17) is 11.6 Å². The van der Waals surface area contributed by atoms with Gasteiger partial charge in [-0.2, -0.15) is 0 Å². The van der Waals surface area contributed by atoms with Crippen LogP contribution in [0.5, 0.6) is 0 Å². The Hall–Kier alpha value is -0.820. The lowest BCUT2D eigenvalue weighted by atomic mass is 9.89. The molecule has 0 bridgehead atoms. The lowest BCUT2D eigenvalue weighted by Crippen LogP contribution is -2.18. The molecule has 0 heterocycles. The zero-order valence-corrected chi connectivity index (χ0v) is 9.19. The van der Waals surface area contributed by atoms with Crippen LogP contribution in [0.4, 0.5) is 0 Å². The molecule has 0 aliphatic heterocycles. The van der Waals surface area contributed by atoms with Crippen LogP contribution in [-0.4, -0.2) is 5.78 Å².